The van der Waals surface area contributed by atoms with Crippen LogP contribution >= 0.6 is 11.6 Å². The Hall–Kier alpha value is -1.22. The molecular weight excluding hydrogens is 250 g/mol. The van der Waals surface area contributed by atoms with Crippen molar-refractivity contribution in [1.29, 1.82) is 0 Å². The van der Waals surface area contributed by atoms with Gasteiger partial charge in [-0.3, -0.25) is 0 Å². The molecule has 1 aromatic carbocycles. The Morgan fingerprint density at radius 2 is 2.17 bits per heavy atom. The molecule has 2 fully saturated rings. The Morgan fingerprint density at radius 1 is 1.33 bits per heavy atom. The topological polar surface area (TPSA) is 52.3 Å². The minimum atomic E-state index is -0.343. The van der Waals surface area contributed by atoms with E-state index in [9.17, 15) is 4.79 Å². The number of hydrogen-bond acceptors (Lipinski definition) is 3. The average Bonchev–Trinajstić information content (AvgIpc) is 2.94. The van der Waals surface area contributed by atoms with Crippen LogP contribution in [-0.2, 0) is 4.74 Å². The van der Waals surface area contributed by atoms with Crippen molar-refractivity contribution in [2.75, 3.05) is 5.73 Å². The molecule has 4 heteroatoms. The third-order valence-corrected chi connectivity index (χ3v) is 4.60. The molecule has 3 atom stereocenters. The van der Waals surface area contributed by atoms with Crippen LogP contribution in [0.2, 0.25) is 5.02 Å². The van der Waals surface area contributed by atoms with Crippen molar-refractivity contribution < 1.29 is 9.53 Å². The van der Waals surface area contributed by atoms with Crippen LogP contribution in [0.3, 0.4) is 0 Å². The van der Waals surface area contributed by atoms with Crippen molar-refractivity contribution in [3.63, 3.8) is 0 Å². The average molecular weight is 266 g/mol. The third kappa shape index (κ3) is 1.97. The Bertz CT molecular complexity index is 489. The van der Waals surface area contributed by atoms with Crippen molar-refractivity contribution >= 4 is 23.3 Å². The Kier molecular flexibility index (Phi) is 2.94. The lowest BCUT2D eigenvalue weighted by molar-refractivity contribution is 0.0159. The quantitative estimate of drug-likeness (QED) is 0.660. The summed E-state index contributed by atoms with van der Waals surface area (Å²) in [5, 5.41) is 0.297. The Labute approximate surface area is 111 Å². The number of hydrogen-bond donors (Lipinski definition) is 1. The maximum atomic E-state index is 12.1. The monoisotopic (exact) mass is 265 g/mol. The minimum Gasteiger partial charge on any atom is -0.458 e. The summed E-state index contributed by atoms with van der Waals surface area (Å²) in [5.74, 6) is 0.966. The molecule has 2 saturated carbocycles. The van der Waals surface area contributed by atoms with E-state index < -0.39 is 0 Å². The van der Waals surface area contributed by atoms with Crippen LogP contribution in [0.1, 0.15) is 36.0 Å². The lowest BCUT2D eigenvalue weighted by Gasteiger charge is -2.22. The number of ether oxygens (including phenoxy) is 1. The molecule has 96 valence electrons. The SMILES string of the molecule is Nc1cccc(C(=O)OC2CC3CCC2C3)c1Cl. The zero-order chi connectivity index (χ0) is 12.7. The fourth-order valence-corrected chi connectivity index (χ4v) is 3.44. The van der Waals surface area contributed by atoms with Gasteiger partial charge in [-0.25, -0.2) is 4.79 Å². The van der Waals surface area contributed by atoms with Crippen LogP contribution in [0, 0.1) is 11.8 Å². The number of benzene rings is 1. The summed E-state index contributed by atoms with van der Waals surface area (Å²) in [4.78, 5) is 12.1. The number of halogens is 1. The first kappa shape index (κ1) is 11.8. The third-order valence-electron chi connectivity index (χ3n) is 4.18. The molecule has 2 aliphatic rings. The van der Waals surface area contributed by atoms with Gasteiger partial charge in [0, 0.05) is 0 Å². The predicted octanol–water partition coefficient (Wildman–Crippen LogP) is 3.27. The second-order valence-electron chi connectivity index (χ2n) is 5.33. The summed E-state index contributed by atoms with van der Waals surface area (Å²) in [7, 11) is 0. The van der Waals surface area contributed by atoms with Crippen LogP contribution in [0.15, 0.2) is 18.2 Å². The van der Waals surface area contributed by atoms with Gasteiger partial charge in [-0.15, -0.1) is 0 Å². The van der Waals surface area contributed by atoms with E-state index in [1.54, 1.807) is 18.2 Å². The number of nitrogens with two attached hydrogens (primary N) is 1. The summed E-state index contributed by atoms with van der Waals surface area (Å²) in [6.45, 7) is 0. The van der Waals surface area contributed by atoms with Crippen LogP contribution in [0.25, 0.3) is 0 Å². The molecule has 3 nitrogen and oxygen atoms in total. The summed E-state index contributed by atoms with van der Waals surface area (Å²) in [5.41, 5.74) is 6.48. The van der Waals surface area contributed by atoms with E-state index >= 15 is 0 Å². The zero-order valence-corrected chi connectivity index (χ0v) is 10.8. The number of rotatable bonds is 2. The highest BCUT2D eigenvalue weighted by atomic mass is 35.5. The zero-order valence-electron chi connectivity index (χ0n) is 10.1. The molecule has 0 aliphatic heterocycles. The van der Waals surface area contributed by atoms with Crippen molar-refractivity contribution in [1.82, 2.24) is 0 Å². The summed E-state index contributed by atoms with van der Waals surface area (Å²) >= 11 is 6.03. The van der Waals surface area contributed by atoms with Gasteiger partial charge in [0.25, 0.3) is 0 Å². The fourth-order valence-electron chi connectivity index (χ4n) is 3.24. The van der Waals surface area contributed by atoms with Crippen LogP contribution in [0.4, 0.5) is 5.69 Å². The van der Waals surface area contributed by atoms with Gasteiger partial charge in [-0.2, -0.15) is 0 Å². The lowest BCUT2D eigenvalue weighted by Crippen LogP contribution is -2.24. The number of nitrogen functional groups attached to an aromatic ring is 1. The van der Waals surface area contributed by atoms with E-state index in [1.807, 2.05) is 0 Å². The predicted molar refractivity (Wildman–Crippen MR) is 70.5 cm³/mol. The van der Waals surface area contributed by atoms with Gasteiger partial charge in [-0.1, -0.05) is 17.7 Å². The molecule has 0 spiro atoms. The fraction of sp³-hybridized carbons (Fsp3) is 0.500. The second kappa shape index (κ2) is 4.47. The Morgan fingerprint density at radius 3 is 2.83 bits per heavy atom. The largest absolute Gasteiger partial charge is 0.458 e. The van der Waals surface area contributed by atoms with Gasteiger partial charge >= 0.3 is 5.97 Å². The van der Waals surface area contributed by atoms with Gasteiger partial charge in [0.05, 0.1) is 16.3 Å². The molecule has 0 saturated heterocycles. The first-order chi connectivity index (χ1) is 8.65. The molecule has 1 aromatic rings. The van der Waals surface area contributed by atoms with E-state index in [2.05, 4.69) is 0 Å². The highest BCUT2D eigenvalue weighted by molar-refractivity contribution is 6.36. The van der Waals surface area contributed by atoms with E-state index in [1.165, 1.54) is 19.3 Å². The molecule has 18 heavy (non-hydrogen) atoms. The van der Waals surface area contributed by atoms with Crippen molar-refractivity contribution in [3.8, 4) is 0 Å². The van der Waals surface area contributed by atoms with Crippen LogP contribution < -0.4 is 5.73 Å². The molecule has 0 aromatic heterocycles. The maximum Gasteiger partial charge on any atom is 0.340 e. The van der Waals surface area contributed by atoms with Crippen LogP contribution in [0.5, 0.6) is 0 Å². The van der Waals surface area contributed by atoms with Crippen molar-refractivity contribution in [3.05, 3.63) is 28.8 Å². The van der Waals surface area contributed by atoms with Gasteiger partial charge in [-0.05, 0) is 49.7 Å². The molecule has 2 aliphatic carbocycles. The molecule has 2 N–H and O–H groups in total. The summed E-state index contributed by atoms with van der Waals surface area (Å²) in [6.07, 6.45) is 4.78. The second-order valence-corrected chi connectivity index (χ2v) is 5.71. The Balaban J connectivity index is 1.73. The summed E-state index contributed by atoms with van der Waals surface area (Å²) < 4.78 is 5.59. The number of carbonyl (C=O) groups is 1. The number of anilines is 1. The van der Waals surface area contributed by atoms with Crippen molar-refractivity contribution in [2.24, 2.45) is 11.8 Å². The first-order valence-electron chi connectivity index (χ1n) is 6.40. The minimum absolute atomic E-state index is 0.0775. The maximum absolute atomic E-state index is 12.1. The molecule has 0 radical (unpaired) electrons. The molecule has 3 rings (SSSR count). The number of carbonyl (C=O) groups excluding carboxylic acids is 1. The standard InChI is InChI=1S/C14H16ClNO2/c15-13-10(2-1-3-11(13)16)14(17)18-12-7-8-4-5-9(12)6-8/h1-3,8-9,12H,4-7,16H2. The number of fused-ring (bicyclic) bond motifs is 2. The van der Waals surface area contributed by atoms with E-state index in [4.69, 9.17) is 22.1 Å². The van der Waals surface area contributed by atoms with Gasteiger partial charge < -0.3 is 10.5 Å². The normalized spacial score (nSPS) is 29.5. The molecule has 0 heterocycles. The molecule has 2 bridgehead atoms. The lowest BCUT2D eigenvalue weighted by atomic mass is 9.98. The van der Waals surface area contributed by atoms with Gasteiger partial charge in [0.2, 0.25) is 0 Å². The van der Waals surface area contributed by atoms with Crippen LogP contribution in [-0.4, -0.2) is 12.1 Å². The van der Waals surface area contributed by atoms with E-state index in [0.29, 0.717) is 22.2 Å². The van der Waals surface area contributed by atoms with Crippen molar-refractivity contribution in [2.45, 2.75) is 31.8 Å². The molecule has 0 amide bonds. The highest BCUT2D eigenvalue weighted by Gasteiger charge is 2.41. The van der Waals surface area contributed by atoms with E-state index in [-0.39, 0.29) is 12.1 Å². The molecular formula is C14H16ClNO2. The summed E-state index contributed by atoms with van der Waals surface area (Å²) in [6, 6.07) is 5.06. The van der Waals surface area contributed by atoms with Gasteiger partial charge in [0.1, 0.15) is 6.10 Å². The number of esters is 1. The smallest absolute Gasteiger partial charge is 0.340 e. The van der Waals surface area contributed by atoms with Gasteiger partial charge in [0.15, 0.2) is 0 Å². The highest BCUT2D eigenvalue weighted by Crippen LogP contribution is 2.46. The first-order valence-corrected chi connectivity index (χ1v) is 6.78. The molecule has 3 unspecified atom stereocenters. The van der Waals surface area contributed by atoms with E-state index in [0.717, 1.165) is 12.3 Å².